The van der Waals surface area contributed by atoms with Gasteiger partial charge in [-0.15, -0.1) is 0 Å². The van der Waals surface area contributed by atoms with Crippen LogP contribution in [0, 0.1) is 0 Å². The number of fused-ring (bicyclic) bond motifs is 15. The second-order valence-electron chi connectivity index (χ2n) is 17.5. The van der Waals surface area contributed by atoms with Crippen molar-refractivity contribution in [1.29, 1.82) is 0 Å². The average Bonchev–Trinajstić information content (AvgIpc) is 3.90. The highest BCUT2D eigenvalue weighted by Gasteiger charge is 2.31. The van der Waals surface area contributed by atoms with Crippen molar-refractivity contribution in [2.75, 3.05) is 22.9 Å². The molecule has 0 radical (unpaired) electrons. The van der Waals surface area contributed by atoms with Crippen molar-refractivity contribution in [3.8, 4) is 56.0 Å². The summed E-state index contributed by atoms with van der Waals surface area (Å²) in [4.78, 5) is 10.2. The third-order valence-corrected chi connectivity index (χ3v) is 14.0. The van der Waals surface area contributed by atoms with Gasteiger partial charge in [0.2, 0.25) is 0 Å². The molecule has 0 fully saturated rings. The van der Waals surface area contributed by atoms with Crippen molar-refractivity contribution in [3.63, 3.8) is 0 Å². The van der Waals surface area contributed by atoms with E-state index < -0.39 is 0 Å². The molecule has 2 aliphatic rings. The van der Waals surface area contributed by atoms with Gasteiger partial charge in [-0.05, 0) is 119 Å². The Hall–Kier alpha value is -8.67. The molecule has 9 aromatic carbocycles. The molecule has 5 nitrogen and oxygen atoms in total. The van der Waals surface area contributed by atoms with Crippen LogP contribution in [0.3, 0.4) is 0 Å². The Morgan fingerprint density at radius 3 is 1.33 bits per heavy atom. The van der Waals surface area contributed by atoms with E-state index in [9.17, 15) is 0 Å². The molecule has 0 saturated heterocycles. The molecule has 0 atom stereocenters. The van der Waals surface area contributed by atoms with Crippen molar-refractivity contribution in [3.05, 3.63) is 225 Å². The number of anilines is 4. The summed E-state index contributed by atoms with van der Waals surface area (Å²) in [7, 11) is 0. The van der Waals surface area contributed by atoms with E-state index >= 15 is 0 Å². The topological polar surface area (TPSA) is 29.2 Å². The Labute approximate surface area is 382 Å². The number of pyridine rings is 1. The van der Waals surface area contributed by atoms with Crippen LogP contribution in [0.2, 0.25) is 0 Å². The molecule has 0 bridgehead atoms. The van der Waals surface area contributed by atoms with Crippen LogP contribution in [0.15, 0.2) is 225 Å². The fourth-order valence-corrected chi connectivity index (χ4v) is 11.1. The zero-order chi connectivity index (χ0) is 43.3. The van der Waals surface area contributed by atoms with Crippen LogP contribution in [0.25, 0.3) is 99.6 Å². The highest BCUT2D eigenvalue weighted by Crippen LogP contribution is 2.53. The lowest BCUT2D eigenvalue weighted by Gasteiger charge is -2.40. The third kappa shape index (κ3) is 5.44. The quantitative estimate of drug-likeness (QED) is 0.177. The SMILES string of the molecule is c1ccc(N2CCN(c3ccccc3)c3cc4c(cc32)-c2ccccc2-c2cc(-n3c5ccccc5c5cc(-n6c7ccccc7c7ccccc76)ccc53)ccc2-c2cccnc2-4)cc1. The van der Waals surface area contributed by atoms with Crippen molar-refractivity contribution in [2.24, 2.45) is 0 Å². The van der Waals surface area contributed by atoms with E-state index in [0.29, 0.717) is 0 Å². The summed E-state index contributed by atoms with van der Waals surface area (Å²) >= 11 is 0. The second-order valence-corrected chi connectivity index (χ2v) is 17.5. The first-order valence-electron chi connectivity index (χ1n) is 22.8. The van der Waals surface area contributed by atoms with Crippen LogP contribution in [0.1, 0.15) is 0 Å². The van der Waals surface area contributed by atoms with E-state index in [2.05, 4.69) is 237 Å². The van der Waals surface area contributed by atoms with Crippen molar-refractivity contribution in [1.82, 2.24) is 14.1 Å². The molecule has 66 heavy (non-hydrogen) atoms. The predicted octanol–water partition coefficient (Wildman–Crippen LogP) is 15.5. The summed E-state index contributed by atoms with van der Waals surface area (Å²) in [6.07, 6.45) is 1.94. The Balaban J connectivity index is 0.988. The number of hydrogen-bond acceptors (Lipinski definition) is 3. The summed E-state index contributed by atoms with van der Waals surface area (Å²) in [6.45, 7) is 1.71. The highest BCUT2D eigenvalue weighted by molar-refractivity contribution is 6.13. The second kappa shape index (κ2) is 14.4. The molecule has 5 heteroatoms. The van der Waals surface area contributed by atoms with Crippen LogP contribution in [0.4, 0.5) is 22.7 Å². The van der Waals surface area contributed by atoms with Gasteiger partial charge in [0.25, 0.3) is 0 Å². The first-order valence-corrected chi connectivity index (χ1v) is 22.8. The van der Waals surface area contributed by atoms with Gasteiger partial charge in [0.1, 0.15) is 0 Å². The normalized spacial score (nSPS) is 13.0. The molecule has 0 saturated carbocycles. The molecular formula is C61H41N5. The van der Waals surface area contributed by atoms with Crippen LogP contribution in [-0.2, 0) is 0 Å². The molecule has 14 rings (SSSR count). The fraction of sp³-hybridized carbons (Fsp3) is 0.0328. The Kier molecular flexibility index (Phi) is 8.04. The van der Waals surface area contributed by atoms with E-state index in [4.69, 9.17) is 4.98 Å². The summed E-state index contributed by atoms with van der Waals surface area (Å²) in [5, 5.41) is 4.97. The zero-order valence-electron chi connectivity index (χ0n) is 36.0. The lowest BCUT2D eigenvalue weighted by Crippen LogP contribution is -2.36. The summed E-state index contributed by atoms with van der Waals surface area (Å²) in [6, 6.07) is 80.1. The molecule has 1 aliphatic heterocycles. The first-order chi connectivity index (χ1) is 32.8. The van der Waals surface area contributed by atoms with Crippen molar-refractivity contribution >= 4 is 66.4 Å². The first kappa shape index (κ1) is 36.8. The van der Waals surface area contributed by atoms with Gasteiger partial charge in [0.05, 0.1) is 39.1 Å². The number of para-hydroxylation sites is 5. The summed E-state index contributed by atoms with van der Waals surface area (Å²) in [5.41, 5.74) is 20.9. The van der Waals surface area contributed by atoms with Gasteiger partial charge in [-0.3, -0.25) is 4.98 Å². The van der Waals surface area contributed by atoms with Gasteiger partial charge in [-0.25, -0.2) is 0 Å². The summed E-state index contributed by atoms with van der Waals surface area (Å²) < 4.78 is 4.86. The van der Waals surface area contributed by atoms with Gasteiger partial charge in [0, 0.05) is 74.7 Å². The smallest absolute Gasteiger partial charge is 0.0787 e. The van der Waals surface area contributed by atoms with Gasteiger partial charge in [-0.2, -0.15) is 0 Å². The van der Waals surface area contributed by atoms with E-state index in [1.807, 2.05) is 6.20 Å². The largest absolute Gasteiger partial charge is 0.338 e. The molecule has 1 aliphatic carbocycles. The van der Waals surface area contributed by atoms with Gasteiger partial charge in [0.15, 0.2) is 0 Å². The number of hydrogen-bond donors (Lipinski definition) is 0. The minimum atomic E-state index is 0.853. The molecule has 0 spiro atoms. The van der Waals surface area contributed by atoms with E-state index in [-0.39, 0.29) is 0 Å². The van der Waals surface area contributed by atoms with Crippen molar-refractivity contribution in [2.45, 2.75) is 0 Å². The highest BCUT2D eigenvalue weighted by atomic mass is 15.3. The van der Waals surface area contributed by atoms with E-state index in [1.54, 1.807) is 0 Å². The molecule has 310 valence electrons. The minimum absolute atomic E-state index is 0.853. The lowest BCUT2D eigenvalue weighted by molar-refractivity contribution is 0.850. The molecule has 3 aromatic heterocycles. The Morgan fingerprint density at radius 1 is 0.288 bits per heavy atom. The van der Waals surface area contributed by atoms with Crippen molar-refractivity contribution < 1.29 is 0 Å². The number of benzene rings is 9. The molecule has 12 aromatic rings. The molecule has 0 unspecified atom stereocenters. The molecule has 0 N–H and O–H groups in total. The maximum Gasteiger partial charge on any atom is 0.0787 e. The number of aromatic nitrogens is 3. The predicted molar refractivity (Wildman–Crippen MR) is 275 cm³/mol. The van der Waals surface area contributed by atoms with Gasteiger partial charge >= 0.3 is 0 Å². The van der Waals surface area contributed by atoms with Crippen LogP contribution >= 0.6 is 0 Å². The van der Waals surface area contributed by atoms with Gasteiger partial charge < -0.3 is 18.9 Å². The minimum Gasteiger partial charge on any atom is -0.338 e. The lowest BCUT2D eigenvalue weighted by atomic mass is 9.82. The Bertz CT molecular complexity index is 3850. The average molecular weight is 844 g/mol. The van der Waals surface area contributed by atoms with E-state index in [0.717, 1.165) is 46.8 Å². The maximum absolute atomic E-state index is 5.24. The van der Waals surface area contributed by atoms with E-state index in [1.165, 1.54) is 88.6 Å². The number of rotatable bonds is 4. The monoisotopic (exact) mass is 843 g/mol. The maximum atomic E-state index is 5.24. The molecular weight excluding hydrogens is 803 g/mol. The zero-order valence-corrected chi connectivity index (χ0v) is 36.0. The number of nitrogens with zero attached hydrogens (tertiary/aromatic N) is 5. The molecule has 0 amide bonds. The van der Waals surface area contributed by atoms with Crippen LogP contribution in [0.5, 0.6) is 0 Å². The Morgan fingerprint density at radius 2 is 0.727 bits per heavy atom. The third-order valence-electron chi connectivity index (χ3n) is 14.0. The molecule has 4 heterocycles. The fourth-order valence-electron chi connectivity index (χ4n) is 11.1. The standard InChI is InChI=1S/C61H41N5/c1-3-16-40(17-4-1)63-34-35-64(41-18-5-2-6-19-41)60-39-54-52(38-59(60)63)45-21-8-7-20-44(45)51-36-42(29-31-46(51)50-25-15-33-62-61(50)54)66-57-28-14-11-24-49(57)53-37-43(30-32-58(53)66)65-55-26-12-9-22-47(55)48-23-10-13-27-56(48)65/h1-33,36-39H,34-35H2. The van der Waals surface area contributed by atoms with Crippen LogP contribution in [-0.4, -0.2) is 27.2 Å². The summed E-state index contributed by atoms with van der Waals surface area (Å²) in [5.74, 6) is 0. The van der Waals surface area contributed by atoms with Gasteiger partial charge in [-0.1, -0.05) is 127 Å². The van der Waals surface area contributed by atoms with Crippen LogP contribution < -0.4 is 9.80 Å².